The third kappa shape index (κ3) is 4.66. The molecule has 0 amide bonds. The molecule has 0 N–H and O–H groups in total. The van der Waals surface area contributed by atoms with Crippen LogP contribution >= 0.6 is 58.0 Å². The number of thiophene rings is 2. The van der Waals surface area contributed by atoms with Crippen LogP contribution in [0.1, 0.15) is 13.8 Å². The maximum absolute atomic E-state index is 6.50. The number of thioether (sulfide) groups is 3. The predicted octanol–water partition coefficient (Wildman–Crippen LogP) is 3.91. The summed E-state index contributed by atoms with van der Waals surface area (Å²) in [6.07, 6.45) is -0.328. The first kappa shape index (κ1) is 29.9. The van der Waals surface area contributed by atoms with Gasteiger partial charge in [0, 0.05) is 4.91 Å². The van der Waals surface area contributed by atoms with Gasteiger partial charge in [-0.3, -0.25) is 0 Å². The SMILES string of the molecule is CC1S/C(=c2/s/c(=c3/s/c(=C4/SC(C5SC(C)C6=C5OCCO6)C5OCCOC45)c4c3OCCO4)c3c2OCCO3)C2=C1OCCO2. The maximum atomic E-state index is 6.50. The number of hydrogen-bond acceptors (Lipinski definition) is 15. The molecule has 0 aromatic carbocycles. The van der Waals surface area contributed by atoms with Crippen molar-refractivity contribution in [3.8, 4) is 23.0 Å². The van der Waals surface area contributed by atoms with Crippen molar-refractivity contribution in [2.75, 3.05) is 66.1 Å². The van der Waals surface area contributed by atoms with Gasteiger partial charge >= 0.3 is 0 Å². The maximum Gasteiger partial charge on any atom is 0.181 e. The fourth-order valence-corrected chi connectivity index (χ4v) is 14.4. The fraction of sp³-hybridized carbons (Fsp3) is 0.562. The number of fused-ring (bicyclic) bond motifs is 3. The van der Waals surface area contributed by atoms with Crippen molar-refractivity contribution in [2.45, 2.75) is 47.1 Å². The molecule has 250 valence electrons. The second-order valence-corrected chi connectivity index (χ2v) is 18.0. The van der Waals surface area contributed by atoms with Gasteiger partial charge in [0.15, 0.2) is 34.5 Å². The lowest BCUT2D eigenvalue weighted by molar-refractivity contribution is -0.112. The van der Waals surface area contributed by atoms with Gasteiger partial charge in [-0.15, -0.1) is 58.0 Å². The highest BCUT2D eigenvalue weighted by Crippen LogP contribution is 2.54. The van der Waals surface area contributed by atoms with Gasteiger partial charge in [0.2, 0.25) is 0 Å². The highest BCUT2D eigenvalue weighted by molar-refractivity contribution is 8.10. The van der Waals surface area contributed by atoms with Crippen LogP contribution in [0.4, 0.5) is 0 Å². The van der Waals surface area contributed by atoms with Crippen molar-refractivity contribution in [1.29, 1.82) is 0 Å². The Morgan fingerprint density at radius 1 is 0.511 bits per heavy atom. The Morgan fingerprint density at radius 2 is 1.09 bits per heavy atom. The second kappa shape index (κ2) is 11.8. The molecule has 2 fully saturated rings. The summed E-state index contributed by atoms with van der Waals surface area (Å²) in [5.41, 5.74) is 0. The summed E-state index contributed by atoms with van der Waals surface area (Å²) < 4.78 is 67.0. The smallest absolute Gasteiger partial charge is 0.181 e. The average Bonchev–Trinajstić information content (AvgIpc) is 3.92. The molecule has 8 aliphatic heterocycles. The summed E-state index contributed by atoms with van der Waals surface area (Å²) in [4.78, 5) is 2.16. The quantitative estimate of drug-likeness (QED) is 0.425. The van der Waals surface area contributed by atoms with Gasteiger partial charge in [0.25, 0.3) is 0 Å². The van der Waals surface area contributed by atoms with E-state index in [0.717, 1.165) is 74.0 Å². The van der Waals surface area contributed by atoms with Crippen LogP contribution in [-0.2, 0) is 28.4 Å². The minimum absolute atomic E-state index is 0.0958. The third-order valence-electron chi connectivity index (χ3n) is 9.07. The van der Waals surface area contributed by atoms with E-state index in [0.29, 0.717) is 66.1 Å². The molecule has 2 saturated heterocycles. The third-order valence-corrected chi connectivity index (χ3v) is 16.1. The van der Waals surface area contributed by atoms with Crippen molar-refractivity contribution in [3.63, 3.8) is 0 Å². The van der Waals surface area contributed by atoms with Gasteiger partial charge in [-0.1, -0.05) is 0 Å². The minimum Gasteiger partial charge on any atom is -0.490 e. The van der Waals surface area contributed by atoms with E-state index in [-0.39, 0.29) is 33.2 Å². The molecule has 47 heavy (non-hydrogen) atoms. The summed E-state index contributed by atoms with van der Waals surface area (Å²) >= 11 is 8.79. The van der Waals surface area contributed by atoms with E-state index >= 15 is 0 Å². The molecule has 8 aliphatic rings. The molecule has 0 aliphatic carbocycles. The normalized spacial score (nSPS) is 35.4. The molecule has 15 heteroatoms. The zero-order chi connectivity index (χ0) is 31.2. The molecule has 6 atom stereocenters. The van der Waals surface area contributed by atoms with Crippen molar-refractivity contribution in [3.05, 3.63) is 41.2 Å². The summed E-state index contributed by atoms with van der Waals surface area (Å²) in [5, 5.41) is 0.601. The zero-order valence-corrected chi connectivity index (χ0v) is 29.7. The predicted molar refractivity (Wildman–Crippen MR) is 181 cm³/mol. The van der Waals surface area contributed by atoms with E-state index < -0.39 is 0 Å². The Hall–Kier alpha value is -2.01. The molecule has 0 spiro atoms. The van der Waals surface area contributed by atoms with E-state index in [1.54, 1.807) is 34.4 Å². The van der Waals surface area contributed by atoms with Gasteiger partial charge in [0.1, 0.15) is 76.6 Å². The van der Waals surface area contributed by atoms with E-state index in [9.17, 15) is 0 Å². The number of ether oxygens (including phenoxy) is 10. The van der Waals surface area contributed by atoms with E-state index in [1.165, 1.54) is 0 Å². The lowest BCUT2D eigenvalue weighted by Crippen LogP contribution is -2.44. The van der Waals surface area contributed by atoms with Crippen molar-refractivity contribution < 1.29 is 47.4 Å². The number of rotatable bonds is 1. The minimum atomic E-state index is -0.210. The van der Waals surface area contributed by atoms with Crippen LogP contribution < -0.4 is 28.0 Å². The Labute approximate surface area is 291 Å². The average molecular weight is 737 g/mol. The second-order valence-electron chi connectivity index (χ2n) is 11.9. The molecule has 10 heterocycles. The summed E-state index contributed by atoms with van der Waals surface area (Å²) in [5.74, 6) is 6.68. The van der Waals surface area contributed by atoms with Gasteiger partial charge in [-0.2, -0.15) is 0 Å². The first-order chi connectivity index (χ1) is 23.2. The molecular formula is C32H32O10S5. The van der Waals surface area contributed by atoms with E-state index in [4.69, 9.17) is 47.4 Å². The molecule has 0 saturated carbocycles. The Morgan fingerprint density at radius 3 is 1.83 bits per heavy atom. The van der Waals surface area contributed by atoms with Crippen molar-refractivity contribution >= 4 is 67.8 Å². The summed E-state index contributed by atoms with van der Waals surface area (Å²) in [6.45, 7) is 9.64. The van der Waals surface area contributed by atoms with Crippen LogP contribution in [0.5, 0.6) is 23.0 Å². The monoisotopic (exact) mass is 736 g/mol. The molecule has 2 aromatic heterocycles. The van der Waals surface area contributed by atoms with Crippen molar-refractivity contribution in [1.82, 2.24) is 0 Å². The Kier molecular flexibility index (Phi) is 7.50. The van der Waals surface area contributed by atoms with Crippen LogP contribution in [0, 0.1) is 9.06 Å². The van der Waals surface area contributed by atoms with E-state index in [1.807, 2.05) is 23.5 Å². The highest BCUT2D eigenvalue weighted by atomic mass is 32.2. The molecule has 10 rings (SSSR count). The standard InChI is InChI=1S/C32H32O10S5/c1-13-15-17(35-5-3-33-15)25(43-13)27-19-21(39-9-7-37-19)29(45-27)31-23-24(42-12-11-41-23)32(47-31)30-22-20(38-8-10-40-22)28(46-30)26-18-16(14(2)44-26)34-4-6-36-18/h13-14,19,21,25,27H,3-12H2,1-2H3/b28-26+,31-29+,32-30+. The topological polar surface area (TPSA) is 92.3 Å². The lowest BCUT2D eigenvalue weighted by atomic mass is 10.0. The molecular weight excluding hydrogens is 705 g/mol. The fourth-order valence-electron chi connectivity index (χ4n) is 7.15. The number of hydrogen-bond donors (Lipinski definition) is 0. The zero-order valence-electron chi connectivity index (χ0n) is 25.7. The van der Waals surface area contributed by atoms with Crippen LogP contribution in [0.25, 0.3) is 9.81 Å². The molecule has 10 nitrogen and oxygen atoms in total. The van der Waals surface area contributed by atoms with Crippen LogP contribution in [0.2, 0.25) is 0 Å². The van der Waals surface area contributed by atoms with Crippen molar-refractivity contribution in [2.24, 2.45) is 0 Å². The molecule has 0 bridgehead atoms. The van der Waals surface area contributed by atoms with Crippen LogP contribution in [0.3, 0.4) is 0 Å². The summed E-state index contributed by atoms with van der Waals surface area (Å²) in [7, 11) is 0. The van der Waals surface area contributed by atoms with Gasteiger partial charge in [0.05, 0.1) is 57.2 Å². The molecule has 2 aromatic rings. The van der Waals surface area contributed by atoms with Gasteiger partial charge < -0.3 is 47.4 Å². The highest BCUT2D eigenvalue weighted by Gasteiger charge is 2.53. The largest absolute Gasteiger partial charge is 0.490 e. The van der Waals surface area contributed by atoms with Crippen LogP contribution in [0.15, 0.2) is 23.0 Å². The summed E-state index contributed by atoms with van der Waals surface area (Å²) in [6, 6.07) is 0. The van der Waals surface area contributed by atoms with Gasteiger partial charge in [-0.05, 0) is 13.8 Å². The Balaban J connectivity index is 1.18. The first-order valence-electron chi connectivity index (χ1n) is 16.0. The first-order valence-corrected chi connectivity index (χ1v) is 20.3. The lowest BCUT2D eigenvalue weighted by Gasteiger charge is -2.32. The van der Waals surface area contributed by atoms with Crippen LogP contribution in [-0.4, -0.2) is 99.3 Å². The molecule has 6 unspecified atom stereocenters. The van der Waals surface area contributed by atoms with E-state index in [2.05, 4.69) is 13.8 Å². The Bertz CT molecular complexity index is 1930. The molecule has 0 radical (unpaired) electrons. The van der Waals surface area contributed by atoms with Gasteiger partial charge in [-0.25, -0.2) is 0 Å².